The van der Waals surface area contributed by atoms with E-state index in [1.165, 1.54) is 32.0 Å². The fourth-order valence-corrected chi connectivity index (χ4v) is 5.92. The minimum atomic E-state index is -0.409. The first kappa shape index (κ1) is 24.5. The molecule has 0 bridgehead atoms. The Morgan fingerprint density at radius 3 is 2.60 bits per heavy atom. The van der Waals surface area contributed by atoms with Crippen LogP contribution in [-0.2, 0) is 6.54 Å². The molecule has 0 unspecified atom stereocenters. The number of nitrogens with one attached hydrogen (secondary N) is 1. The smallest absolute Gasteiger partial charge is 0.148 e. The summed E-state index contributed by atoms with van der Waals surface area (Å²) in [5.74, 6) is 2.75. The quantitative estimate of drug-likeness (QED) is 0.415. The summed E-state index contributed by atoms with van der Waals surface area (Å²) in [5.41, 5.74) is 1.70. The summed E-state index contributed by atoms with van der Waals surface area (Å²) in [4.78, 5) is 18.7. The topological polar surface area (TPSA) is 62.1 Å². The van der Waals surface area contributed by atoms with E-state index in [-0.39, 0.29) is 5.02 Å². The number of benzene rings is 1. The van der Waals surface area contributed by atoms with Crippen molar-refractivity contribution in [1.82, 2.24) is 24.4 Å². The molecule has 0 aliphatic carbocycles. The van der Waals surface area contributed by atoms with Crippen molar-refractivity contribution in [3.8, 4) is 11.3 Å². The van der Waals surface area contributed by atoms with Gasteiger partial charge in [-0.15, -0.1) is 0 Å². The molecule has 0 radical (unpaired) electrons. The highest BCUT2D eigenvalue weighted by Gasteiger charge is 2.27. The number of anilines is 2. The lowest BCUT2D eigenvalue weighted by atomic mass is 9.96. The summed E-state index contributed by atoms with van der Waals surface area (Å²) in [6.07, 6.45) is 8.24. The first-order valence-corrected chi connectivity index (χ1v) is 13.4. The molecule has 2 saturated heterocycles. The van der Waals surface area contributed by atoms with Crippen LogP contribution in [0.25, 0.3) is 11.3 Å². The van der Waals surface area contributed by atoms with Crippen LogP contribution in [0.4, 0.5) is 16.0 Å². The maximum atomic E-state index is 13.8. The van der Waals surface area contributed by atoms with Gasteiger partial charge in [0.05, 0.1) is 10.7 Å². The largest absolute Gasteiger partial charge is 0.372 e. The van der Waals surface area contributed by atoms with Crippen LogP contribution in [0.2, 0.25) is 5.02 Å². The second-order valence-corrected chi connectivity index (χ2v) is 10.4. The van der Waals surface area contributed by atoms with Crippen LogP contribution in [0.5, 0.6) is 0 Å². The van der Waals surface area contributed by atoms with Crippen molar-refractivity contribution in [2.45, 2.75) is 38.1 Å². The highest BCUT2D eigenvalue weighted by Crippen LogP contribution is 2.35. The lowest BCUT2D eigenvalue weighted by Gasteiger charge is -2.33. The van der Waals surface area contributed by atoms with Gasteiger partial charge in [-0.1, -0.05) is 11.6 Å². The Kier molecular flexibility index (Phi) is 7.55. The molecule has 2 aromatic heterocycles. The summed E-state index contributed by atoms with van der Waals surface area (Å²) >= 11 is 9.73. The van der Waals surface area contributed by atoms with E-state index in [1.807, 2.05) is 7.05 Å². The Bertz CT molecular complexity index is 1170. The number of hydrogen-bond acceptors (Lipinski definition) is 6. The molecule has 35 heavy (non-hydrogen) atoms. The number of aromatic nitrogens is 4. The highest BCUT2D eigenvalue weighted by atomic mass is 79.9. The number of nitrogens with zero attached hydrogens (tertiary/aromatic N) is 6. The molecule has 0 saturated carbocycles. The second kappa shape index (κ2) is 10.8. The number of likely N-dealkylation sites (tertiary alicyclic amines) is 1. The van der Waals surface area contributed by atoms with E-state index in [9.17, 15) is 4.39 Å². The van der Waals surface area contributed by atoms with Gasteiger partial charge in [-0.2, -0.15) is 0 Å². The van der Waals surface area contributed by atoms with Crippen LogP contribution >= 0.6 is 27.5 Å². The third-order valence-corrected chi connectivity index (χ3v) is 8.07. The Morgan fingerprint density at radius 1 is 1.11 bits per heavy atom. The molecule has 1 N–H and O–H groups in total. The van der Waals surface area contributed by atoms with Gasteiger partial charge in [0.2, 0.25) is 0 Å². The van der Waals surface area contributed by atoms with Crippen molar-refractivity contribution in [3.63, 3.8) is 0 Å². The zero-order valence-corrected chi connectivity index (χ0v) is 22.2. The fraction of sp³-hybridized carbons (Fsp3) is 0.480. The average molecular weight is 563 g/mol. The van der Waals surface area contributed by atoms with Crippen molar-refractivity contribution < 1.29 is 4.39 Å². The van der Waals surface area contributed by atoms with Crippen molar-refractivity contribution >= 4 is 39.2 Å². The van der Waals surface area contributed by atoms with E-state index >= 15 is 0 Å². The van der Waals surface area contributed by atoms with Crippen LogP contribution in [0.3, 0.4) is 0 Å². The number of halogens is 3. The number of hydrogen-bond donors (Lipinski definition) is 1. The van der Waals surface area contributed by atoms with E-state index in [1.54, 1.807) is 18.5 Å². The Labute approximate surface area is 218 Å². The summed E-state index contributed by atoms with van der Waals surface area (Å²) < 4.78 is 17.0. The SMILES string of the molecule is CNc1ncnc(N2CCC(c3nc(-c4ccc(F)c(Cl)c4)cn3CCN3CCCC3)CC2)c1Br. The third kappa shape index (κ3) is 5.32. The van der Waals surface area contributed by atoms with E-state index in [0.717, 1.165) is 72.2 Å². The first-order chi connectivity index (χ1) is 17.0. The van der Waals surface area contributed by atoms with Gasteiger partial charge in [0.15, 0.2) is 0 Å². The maximum Gasteiger partial charge on any atom is 0.148 e. The lowest BCUT2D eigenvalue weighted by molar-refractivity contribution is 0.317. The molecule has 0 atom stereocenters. The lowest BCUT2D eigenvalue weighted by Crippen LogP contribution is -2.35. The molecule has 0 amide bonds. The van der Waals surface area contributed by atoms with E-state index < -0.39 is 5.82 Å². The Morgan fingerprint density at radius 2 is 1.89 bits per heavy atom. The van der Waals surface area contributed by atoms with Gasteiger partial charge in [-0.3, -0.25) is 0 Å². The van der Waals surface area contributed by atoms with Gasteiger partial charge in [0, 0.05) is 50.9 Å². The van der Waals surface area contributed by atoms with Crippen molar-refractivity contribution in [1.29, 1.82) is 0 Å². The molecule has 2 fully saturated rings. The normalized spacial score (nSPS) is 17.3. The number of rotatable bonds is 7. The van der Waals surface area contributed by atoms with Gasteiger partial charge >= 0.3 is 0 Å². The molecular formula is C25H30BrClFN7. The van der Waals surface area contributed by atoms with E-state index in [2.05, 4.69) is 51.8 Å². The minimum Gasteiger partial charge on any atom is -0.372 e. The maximum absolute atomic E-state index is 13.8. The average Bonchev–Trinajstić information content (AvgIpc) is 3.55. The van der Waals surface area contributed by atoms with Crippen LogP contribution in [0.15, 0.2) is 35.2 Å². The summed E-state index contributed by atoms with van der Waals surface area (Å²) in [5, 5.41) is 3.23. The standard InChI is InChI=1S/C25H30BrClFN7/c1-29-23-22(26)25(31-16-30-23)34-10-6-17(7-11-34)24-32-21(18-4-5-20(28)19(27)14-18)15-35(24)13-12-33-8-2-3-9-33/h4-5,14-17H,2-3,6-13H2,1H3,(H,29,30,31). The third-order valence-electron chi connectivity index (χ3n) is 7.05. The predicted octanol–water partition coefficient (Wildman–Crippen LogP) is 5.42. The predicted molar refractivity (Wildman–Crippen MR) is 142 cm³/mol. The van der Waals surface area contributed by atoms with Crippen LogP contribution < -0.4 is 10.2 Å². The van der Waals surface area contributed by atoms with E-state index in [0.29, 0.717) is 5.92 Å². The highest BCUT2D eigenvalue weighted by molar-refractivity contribution is 9.10. The number of imidazole rings is 1. The summed E-state index contributed by atoms with van der Waals surface area (Å²) in [7, 11) is 1.86. The molecular weight excluding hydrogens is 533 g/mol. The zero-order chi connectivity index (χ0) is 24.4. The van der Waals surface area contributed by atoms with Crippen LogP contribution in [0, 0.1) is 5.82 Å². The Hall–Kier alpha value is -2.23. The van der Waals surface area contributed by atoms with Crippen molar-refractivity contribution in [2.24, 2.45) is 0 Å². The molecule has 4 heterocycles. The molecule has 10 heteroatoms. The van der Waals surface area contributed by atoms with Gasteiger partial charge in [0.1, 0.15) is 34.1 Å². The zero-order valence-electron chi connectivity index (χ0n) is 19.9. The van der Waals surface area contributed by atoms with Crippen molar-refractivity contribution in [2.75, 3.05) is 50.0 Å². The number of piperidine rings is 1. The molecule has 5 rings (SSSR count). The van der Waals surface area contributed by atoms with Crippen LogP contribution in [-0.4, -0.2) is 64.2 Å². The van der Waals surface area contributed by atoms with Gasteiger partial charge in [0.25, 0.3) is 0 Å². The van der Waals surface area contributed by atoms with Gasteiger partial charge < -0.3 is 19.7 Å². The molecule has 7 nitrogen and oxygen atoms in total. The summed E-state index contributed by atoms with van der Waals surface area (Å²) in [6.45, 7) is 6.05. The Balaban J connectivity index is 1.36. The molecule has 1 aromatic carbocycles. The van der Waals surface area contributed by atoms with Crippen molar-refractivity contribution in [3.05, 3.63) is 51.9 Å². The van der Waals surface area contributed by atoms with Gasteiger partial charge in [-0.05, 0) is 72.9 Å². The molecule has 186 valence electrons. The summed E-state index contributed by atoms with van der Waals surface area (Å²) in [6, 6.07) is 4.84. The fourth-order valence-electron chi connectivity index (χ4n) is 5.09. The molecule has 0 spiro atoms. The molecule has 2 aliphatic heterocycles. The molecule has 3 aromatic rings. The minimum absolute atomic E-state index is 0.125. The molecule has 2 aliphatic rings. The van der Waals surface area contributed by atoms with Gasteiger partial charge in [-0.25, -0.2) is 19.3 Å². The first-order valence-electron chi connectivity index (χ1n) is 12.2. The van der Waals surface area contributed by atoms with E-state index in [4.69, 9.17) is 16.6 Å². The van der Waals surface area contributed by atoms with Crippen LogP contribution in [0.1, 0.15) is 37.4 Å². The monoisotopic (exact) mass is 561 g/mol. The second-order valence-electron chi connectivity index (χ2n) is 9.23.